The first-order chi connectivity index (χ1) is 15.6. The van der Waals surface area contributed by atoms with Gasteiger partial charge in [-0.05, 0) is 12.8 Å². The van der Waals surface area contributed by atoms with E-state index < -0.39 is 5.97 Å². The van der Waals surface area contributed by atoms with Gasteiger partial charge >= 0.3 is 5.97 Å². The van der Waals surface area contributed by atoms with Gasteiger partial charge in [-0.15, -0.1) is 0 Å². The van der Waals surface area contributed by atoms with Crippen LogP contribution in [-0.4, -0.2) is 21.2 Å². The Labute approximate surface area is 195 Å². The fourth-order valence-corrected chi connectivity index (χ4v) is 4.16. The first-order valence-corrected chi connectivity index (χ1v) is 12.7. The Hall–Kier alpha value is -1.88. The lowest BCUT2D eigenvalue weighted by molar-refractivity contribution is -0.139. The second-order valence-electron chi connectivity index (χ2n) is 8.78. The summed E-state index contributed by atoms with van der Waals surface area (Å²) in [5, 5.41) is 20.8. The number of esters is 1. The minimum Gasteiger partial charge on any atom is -0.506 e. The maximum atomic E-state index is 11.4. The van der Waals surface area contributed by atoms with E-state index in [2.05, 4.69) is 25.4 Å². The summed E-state index contributed by atoms with van der Waals surface area (Å²) in [5.74, 6) is -0.300. The van der Waals surface area contributed by atoms with Gasteiger partial charge in [0.05, 0.1) is 12.3 Å². The molecule has 0 unspecified atom stereocenters. The highest BCUT2D eigenvalue weighted by molar-refractivity contribution is 5.81. The second-order valence-corrected chi connectivity index (χ2v) is 8.78. The largest absolute Gasteiger partial charge is 0.506 e. The fourth-order valence-electron chi connectivity index (χ4n) is 4.16. The first kappa shape index (κ1) is 28.2. The number of nitrogens with zero attached hydrogens (tertiary/aromatic N) is 1. The molecule has 0 saturated carbocycles. The topological polar surface area (TPSA) is 79.7 Å². The van der Waals surface area contributed by atoms with Crippen LogP contribution in [0.4, 0.5) is 0 Å². The Kier molecular flexibility index (Phi) is 15.5. The molecule has 0 bridgehead atoms. The highest BCUT2D eigenvalue weighted by Gasteiger charge is 2.21. The number of pyridine rings is 1. The number of aromatic hydroxyl groups is 1. The molecule has 1 aromatic heterocycles. The fraction of sp³-hybridized carbons (Fsp3) is 0.704. The molecule has 0 aliphatic heterocycles. The number of hydrogen-bond acceptors (Lipinski definition) is 5. The van der Waals surface area contributed by atoms with Crippen LogP contribution in [0.3, 0.4) is 0 Å². The number of carbonyl (C=O) groups is 1. The van der Waals surface area contributed by atoms with Gasteiger partial charge in [0.25, 0.3) is 0 Å². The Balaban J connectivity index is 2.84. The summed E-state index contributed by atoms with van der Waals surface area (Å²) in [6.45, 7) is 7.48. The maximum absolute atomic E-state index is 11.4. The number of aliphatic hydroxyl groups excluding tert-OH is 1. The van der Waals surface area contributed by atoms with Crippen LogP contribution in [0, 0.1) is 0 Å². The van der Waals surface area contributed by atoms with Gasteiger partial charge in [-0.2, -0.15) is 0 Å². The van der Waals surface area contributed by atoms with E-state index in [0.717, 1.165) is 31.8 Å². The summed E-state index contributed by atoms with van der Waals surface area (Å²) < 4.78 is 5.08. The van der Waals surface area contributed by atoms with E-state index in [-0.39, 0.29) is 24.9 Å². The molecule has 1 aromatic rings. The van der Waals surface area contributed by atoms with E-state index in [0.29, 0.717) is 16.8 Å². The van der Waals surface area contributed by atoms with Crippen molar-refractivity contribution in [2.75, 3.05) is 0 Å². The van der Waals surface area contributed by atoms with E-state index in [9.17, 15) is 15.0 Å². The average Bonchev–Trinajstić information content (AvgIpc) is 2.80. The van der Waals surface area contributed by atoms with Gasteiger partial charge in [-0.3, -0.25) is 4.98 Å². The molecule has 0 aromatic carbocycles. The normalized spacial score (nSPS) is 11.1. The van der Waals surface area contributed by atoms with Crippen molar-refractivity contribution >= 4 is 5.97 Å². The molecule has 0 spiro atoms. The zero-order chi connectivity index (χ0) is 23.6. The zero-order valence-electron chi connectivity index (χ0n) is 20.4. The summed E-state index contributed by atoms with van der Waals surface area (Å²) in [4.78, 5) is 16.0. The molecule has 0 fully saturated rings. The summed E-state index contributed by atoms with van der Waals surface area (Å²) in [6.07, 6.45) is 19.5. The molecule has 0 amide bonds. The molecule has 2 N–H and O–H groups in total. The SMILES string of the molecule is C=CC(=O)OCc1cnc(C(CCCCCCCC)CCCCCCCC)c(O)c1CO. The molecule has 5 heteroatoms. The monoisotopic (exact) mass is 447 g/mol. The highest BCUT2D eigenvalue weighted by Crippen LogP contribution is 2.36. The van der Waals surface area contributed by atoms with Gasteiger partial charge in [0.15, 0.2) is 0 Å². The molecule has 32 heavy (non-hydrogen) atoms. The van der Waals surface area contributed by atoms with Crippen molar-refractivity contribution in [3.63, 3.8) is 0 Å². The number of ether oxygens (including phenoxy) is 1. The van der Waals surface area contributed by atoms with E-state index in [1.54, 1.807) is 6.20 Å². The summed E-state index contributed by atoms with van der Waals surface area (Å²) in [7, 11) is 0. The van der Waals surface area contributed by atoms with Crippen molar-refractivity contribution in [1.82, 2.24) is 4.98 Å². The smallest absolute Gasteiger partial charge is 0.330 e. The zero-order valence-corrected chi connectivity index (χ0v) is 20.4. The van der Waals surface area contributed by atoms with Crippen LogP contribution in [0.15, 0.2) is 18.9 Å². The first-order valence-electron chi connectivity index (χ1n) is 12.7. The lowest BCUT2D eigenvalue weighted by Gasteiger charge is -2.20. The Morgan fingerprint density at radius 2 is 1.53 bits per heavy atom. The van der Waals surface area contributed by atoms with Crippen molar-refractivity contribution in [2.24, 2.45) is 0 Å². The number of carbonyl (C=O) groups excluding carboxylic acids is 1. The molecule has 1 rings (SSSR count). The Morgan fingerprint density at radius 3 is 2.03 bits per heavy atom. The molecule has 0 aliphatic rings. The van der Waals surface area contributed by atoms with Crippen molar-refractivity contribution in [1.29, 1.82) is 0 Å². The van der Waals surface area contributed by atoms with Crippen molar-refractivity contribution in [2.45, 2.75) is 123 Å². The second kappa shape index (κ2) is 17.6. The molecule has 1 heterocycles. The van der Waals surface area contributed by atoms with Gasteiger partial charge in [0, 0.05) is 29.3 Å². The number of unbranched alkanes of at least 4 members (excludes halogenated alkanes) is 10. The Bertz CT molecular complexity index is 643. The summed E-state index contributed by atoms with van der Waals surface area (Å²) >= 11 is 0. The van der Waals surface area contributed by atoms with Crippen molar-refractivity contribution < 1.29 is 19.7 Å². The van der Waals surface area contributed by atoms with Crippen molar-refractivity contribution in [3.8, 4) is 5.75 Å². The van der Waals surface area contributed by atoms with Gasteiger partial charge in [-0.1, -0.05) is 97.5 Å². The molecule has 0 radical (unpaired) electrons. The molecule has 0 atom stereocenters. The number of aromatic nitrogens is 1. The quantitative estimate of drug-likeness (QED) is 0.134. The van der Waals surface area contributed by atoms with Crippen LogP contribution >= 0.6 is 0 Å². The van der Waals surface area contributed by atoms with Gasteiger partial charge < -0.3 is 14.9 Å². The number of rotatable bonds is 19. The van der Waals surface area contributed by atoms with E-state index in [1.807, 2.05) is 0 Å². The lowest BCUT2D eigenvalue weighted by atomic mass is 9.89. The summed E-state index contributed by atoms with van der Waals surface area (Å²) in [6, 6.07) is 0. The van der Waals surface area contributed by atoms with Crippen LogP contribution in [0.2, 0.25) is 0 Å². The third-order valence-corrected chi connectivity index (χ3v) is 6.17. The van der Waals surface area contributed by atoms with Crippen LogP contribution in [0.1, 0.15) is 126 Å². The summed E-state index contributed by atoms with van der Waals surface area (Å²) in [5.41, 5.74) is 1.61. The third-order valence-electron chi connectivity index (χ3n) is 6.17. The lowest BCUT2D eigenvalue weighted by Crippen LogP contribution is -2.09. The van der Waals surface area contributed by atoms with Gasteiger partial charge in [0.2, 0.25) is 0 Å². The predicted molar refractivity (Wildman–Crippen MR) is 131 cm³/mol. The van der Waals surface area contributed by atoms with E-state index >= 15 is 0 Å². The minimum atomic E-state index is -0.540. The number of aliphatic hydroxyl groups is 1. The average molecular weight is 448 g/mol. The van der Waals surface area contributed by atoms with Gasteiger partial charge in [-0.25, -0.2) is 4.79 Å². The minimum absolute atomic E-state index is 0.0406. The molecular formula is C27H45NO4. The van der Waals surface area contributed by atoms with Crippen LogP contribution < -0.4 is 0 Å². The molecular weight excluding hydrogens is 402 g/mol. The number of hydrogen-bond donors (Lipinski definition) is 2. The molecule has 0 saturated heterocycles. The highest BCUT2D eigenvalue weighted by atomic mass is 16.5. The van der Waals surface area contributed by atoms with Crippen LogP contribution in [0.25, 0.3) is 0 Å². The maximum Gasteiger partial charge on any atom is 0.330 e. The molecule has 5 nitrogen and oxygen atoms in total. The van der Waals surface area contributed by atoms with Crippen LogP contribution in [-0.2, 0) is 22.7 Å². The van der Waals surface area contributed by atoms with Crippen molar-refractivity contribution in [3.05, 3.63) is 35.7 Å². The molecule has 182 valence electrons. The van der Waals surface area contributed by atoms with E-state index in [4.69, 9.17) is 4.74 Å². The van der Waals surface area contributed by atoms with E-state index in [1.165, 1.54) is 64.2 Å². The Morgan fingerprint density at radius 1 is 1.00 bits per heavy atom. The standard InChI is InChI=1S/C27H45NO4/c1-4-7-9-11-13-15-17-22(18-16-14-12-10-8-5-2)26-27(31)24(20-29)23(19-28-26)21-32-25(30)6-3/h6,19,22,29,31H,3-5,7-18,20-21H2,1-2H3. The predicted octanol–water partition coefficient (Wildman–Crippen LogP) is 7.09. The van der Waals surface area contributed by atoms with Gasteiger partial charge in [0.1, 0.15) is 12.4 Å². The third kappa shape index (κ3) is 10.6. The molecule has 0 aliphatic carbocycles. The van der Waals surface area contributed by atoms with Crippen LogP contribution in [0.5, 0.6) is 5.75 Å².